The highest BCUT2D eigenvalue weighted by Crippen LogP contribution is 2.22. The topological polar surface area (TPSA) is 42.4 Å². The number of carbonyl (C=O) groups excluding carboxylic acids is 1. The summed E-state index contributed by atoms with van der Waals surface area (Å²) in [5.74, 6) is -0.384. The normalized spacial score (nSPS) is 15.0. The highest BCUT2D eigenvalue weighted by Gasteiger charge is 2.18. The van der Waals surface area contributed by atoms with E-state index in [1.165, 1.54) is 6.20 Å². The van der Waals surface area contributed by atoms with E-state index in [4.69, 9.17) is 4.74 Å². The average Bonchev–Trinajstić information content (AvgIpc) is 2.56. The molecule has 0 atom stereocenters. The highest BCUT2D eigenvalue weighted by molar-refractivity contribution is 5.94. The number of morpholine rings is 1. The van der Waals surface area contributed by atoms with Crippen LogP contribution in [0.1, 0.15) is 10.4 Å². The van der Waals surface area contributed by atoms with Crippen molar-refractivity contribution < 1.29 is 13.9 Å². The zero-order valence-corrected chi connectivity index (χ0v) is 11.5. The van der Waals surface area contributed by atoms with Gasteiger partial charge in [-0.2, -0.15) is 0 Å². The van der Waals surface area contributed by atoms with Crippen LogP contribution >= 0.6 is 0 Å². The Balaban J connectivity index is 1.81. The third-order valence-corrected chi connectivity index (χ3v) is 3.51. The second-order valence-corrected chi connectivity index (χ2v) is 4.84. The smallest absolute Gasteiger partial charge is 0.254 e. The molecule has 0 spiro atoms. The van der Waals surface area contributed by atoms with Crippen LogP contribution in [-0.4, -0.2) is 42.1 Å². The van der Waals surface area contributed by atoms with Crippen LogP contribution in [0.3, 0.4) is 0 Å². The number of amides is 1. The van der Waals surface area contributed by atoms with Gasteiger partial charge in [0, 0.05) is 30.4 Å². The van der Waals surface area contributed by atoms with E-state index in [1.54, 1.807) is 41.4 Å². The Morgan fingerprint density at radius 3 is 2.52 bits per heavy atom. The van der Waals surface area contributed by atoms with Gasteiger partial charge in [-0.25, -0.2) is 4.39 Å². The fourth-order valence-corrected chi connectivity index (χ4v) is 2.35. The molecule has 1 saturated heterocycles. The minimum absolute atomic E-state index is 0.0138. The van der Waals surface area contributed by atoms with Crippen LogP contribution < -0.4 is 0 Å². The Morgan fingerprint density at radius 2 is 1.86 bits per heavy atom. The van der Waals surface area contributed by atoms with Gasteiger partial charge in [0.05, 0.1) is 19.4 Å². The van der Waals surface area contributed by atoms with Crippen molar-refractivity contribution in [2.75, 3.05) is 26.3 Å². The first-order chi connectivity index (χ1) is 10.3. The monoisotopic (exact) mass is 286 g/mol. The molecule has 1 aliphatic heterocycles. The second-order valence-electron chi connectivity index (χ2n) is 4.84. The van der Waals surface area contributed by atoms with Crippen molar-refractivity contribution >= 4 is 5.91 Å². The summed E-state index contributed by atoms with van der Waals surface area (Å²) in [5, 5.41) is 0. The predicted octanol–water partition coefficient (Wildman–Crippen LogP) is 2.36. The number of hydrogen-bond acceptors (Lipinski definition) is 3. The van der Waals surface area contributed by atoms with Gasteiger partial charge >= 0.3 is 0 Å². The number of rotatable bonds is 2. The molecular formula is C16H15FN2O2. The number of carbonyl (C=O) groups is 1. The minimum atomic E-state index is -0.371. The first-order valence-electron chi connectivity index (χ1n) is 6.82. The lowest BCUT2D eigenvalue weighted by molar-refractivity contribution is 0.0303. The molecule has 0 unspecified atom stereocenters. The molecule has 108 valence electrons. The molecule has 2 heterocycles. The second kappa shape index (κ2) is 6.01. The van der Waals surface area contributed by atoms with Crippen LogP contribution in [0, 0.1) is 5.82 Å². The van der Waals surface area contributed by atoms with Crippen LogP contribution in [0.25, 0.3) is 11.1 Å². The van der Waals surface area contributed by atoms with Gasteiger partial charge in [0.25, 0.3) is 5.91 Å². The van der Waals surface area contributed by atoms with Gasteiger partial charge < -0.3 is 9.64 Å². The van der Waals surface area contributed by atoms with Crippen molar-refractivity contribution in [3.63, 3.8) is 0 Å². The molecule has 1 aromatic carbocycles. The SMILES string of the molecule is O=C(c1ccc(-c2ccncc2F)cc1)N1CCOCC1. The molecule has 3 rings (SSSR count). The zero-order valence-electron chi connectivity index (χ0n) is 11.5. The Hall–Kier alpha value is -2.27. The molecule has 0 bridgehead atoms. The molecule has 21 heavy (non-hydrogen) atoms. The van der Waals surface area contributed by atoms with Gasteiger partial charge in [0.2, 0.25) is 0 Å². The third kappa shape index (κ3) is 2.92. The maximum absolute atomic E-state index is 13.7. The number of benzene rings is 1. The molecule has 1 amide bonds. The van der Waals surface area contributed by atoms with Crippen LogP contribution in [0.4, 0.5) is 4.39 Å². The summed E-state index contributed by atoms with van der Waals surface area (Å²) in [4.78, 5) is 17.8. The van der Waals surface area contributed by atoms with Gasteiger partial charge in [-0.05, 0) is 23.8 Å². The van der Waals surface area contributed by atoms with Crippen LogP contribution in [0.15, 0.2) is 42.7 Å². The van der Waals surface area contributed by atoms with E-state index in [2.05, 4.69) is 4.98 Å². The fourth-order valence-electron chi connectivity index (χ4n) is 2.35. The van der Waals surface area contributed by atoms with E-state index >= 15 is 0 Å². The molecule has 0 radical (unpaired) electrons. The van der Waals surface area contributed by atoms with E-state index in [9.17, 15) is 9.18 Å². The van der Waals surface area contributed by atoms with Crippen molar-refractivity contribution in [2.45, 2.75) is 0 Å². The Kier molecular flexibility index (Phi) is 3.92. The maximum atomic E-state index is 13.7. The molecule has 1 aromatic heterocycles. The maximum Gasteiger partial charge on any atom is 0.254 e. The van der Waals surface area contributed by atoms with Gasteiger partial charge in [-0.15, -0.1) is 0 Å². The largest absolute Gasteiger partial charge is 0.378 e. The molecule has 0 N–H and O–H groups in total. The number of halogens is 1. The molecular weight excluding hydrogens is 271 g/mol. The van der Waals surface area contributed by atoms with Crippen molar-refractivity contribution in [1.29, 1.82) is 0 Å². The zero-order chi connectivity index (χ0) is 14.7. The van der Waals surface area contributed by atoms with E-state index in [0.717, 1.165) is 5.56 Å². The Bertz CT molecular complexity index is 637. The standard InChI is InChI=1S/C16H15FN2O2/c17-15-11-18-6-5-14(15)12-1-3-13(4-2-12)16(20)19-7-9-21-10-8-19/h1-6,11H,7-10H2. The molecule has 0 aliphatic carbocycles. The van der Waals surface area contributed by atoms with Gasteiger partial charge in [0.15, 0.2) is 0 Å². The quantitative estimate of drug-likeness (QED) is 0.851. The lowest BCUT2D eigenvalue weighted by atomic mass is 10.0. The predicted molar refractivity (Wildman–Crippen MR) is 76.4 cm³/mol. The van der Waals surface area contributed by atoms with E-state index in [0.29, 0.717) is 37.4 Å². The van der Waals surface area contributed by atoms with E-state index in [1.807, 2.05) is 0 Å². The number of pyridine rings is 1. The van der Waals surface area contributed by atoms with Gasteiger partial charge in [-0.3, -0.25) is 9.78 Å². The van der Waals surface area contributed by atoms with Crippen LogP contribution in [0.2, 0.25) is 0 Å². The van der Waals surface area contributed by atoms with E-state index < -0.39 is 0 Å². The van der Waals surface area contributed by atoms with Crippen LogP contribution in [0.5, 0.6) is 0 Å². The Labute approximate surface area is 122 Å². The average molecular weight is 286 g/mol. The summed E-state index contributed by atoms with van der Waals surface area (Å²) in [6.45, 7) is 2.37. The molecule has 5 heteroatoms. The molecule has 2 aromatic rings. The number of nitrogens with zero attached hydrogens (tertiary/aromatic N) is 2. The molecule has 0 saturated carbocycles. The summed E-state index contributed by atoms with van der Waals surface area (Å²) in [5.41, 5.74) is 1.82. The van der Waals surface area contributed by atoms with Gasteiger partial charge in [0.1, 0.15) is 5.82 Å². The molecule has 1 fully saturated rings. The summed E-state index contributed by atoms with van der Waals surface area (Å²) in [6, 6.07) is 8.59. The van der Waals surface area contributed by atoms with Crippen LogP contribution in [-0.2, 0) is 4.74 Å². The van der Waals surface area contributed by atoms with Crippen molar-refractivity contribution in [1.82, 2.24) is 9.88 Å². The number of ether oxygens (including phenoxy) is 1. The number of aromatic nitrogens is 1. The summed E-state index contributed by atoms with van der Waals surface area (Å²) in [7, 11) is 0. The summed E-state index contributed by atoms with van der Waals surface area (Å²) < 4.78 is 18.9. The lowest BCUT2D eigenvalue weighted by Crippen LogP contribution is -2.40. The molecule has 4 nitrogen and oxygen atoms in total. The first-order valence-corrected chi connectivity index (χ1v) is 6.82. The minimum Gasteiger partial charge on any atom is -0.378 e. The lowest BCUT2D eigenvalue weighted by Gasteiger charge is -2.26. The first kappa shape index (κ1) is 13.7. The molecule has 1 aliphatic rings. The fraction of sp³-hybridized carbons (Fsp3) is 0.250. The summed E-state index contributed by atoms with van der Waals surface area (Å²) >= 11 is 0. The van der Waals surface area contributed by atoms with Crippen molar-refractivity contribution in [3.8, 4) is 11.1 Å². The van der Waals surface area contributed by atoms with E-state index in [-0.39, 0.29) is 11.7 Å². The highest BCUT2D eigenvalue weighted by atomic mass is 19.1. The third-order valence-electron chi connectivity index (χ3n) is 3.51. The van der Waals surface area contributed by atoms with Crippen molar-refractivity contribution in [3.05, 3.63) is 54.1 Å². The summed E-state index contributed by atoms with van der Waals surface area (Å²) in [6.07, 6.45) is 2.73. The number of hydrogen-bond donors (Lipinski definition) is 0. The van der Waals surface area contributed by atoms with Crippen molar-refractivity contribution in [2.24, 2.45) is 0 Å². The Morgan fingerprint density at radius 1 is 1.14 bits per heavy atom. The van der Waals surface area contributed by atoms with Gasteiger partial charge in [-0.1, -0.05) is 12.1 Å².